The molecule has 1 saturated heterocycles. The molecule has 8 nitrogen and oxygen atoms in total. The van der Waals surface area contributed by atoms with Gasteiger partial charge in [0, 0.05) is 55.7 Å². The Labute approximate surface area is 232 Å². The van der Waals surface area contributed by atoms with Crippen molar-refractivity contribution in [1.29, 1.82) is 5.26 Å². The summed E-state index contributed by atoms with van der Waals surface area (Å²) in [4.78, 5) is 37.5. The highest BCUT2D eigenvalue weighted by atomic mass is 32.1. The van der Waals surface area contributed by atoms with Gasteiger partial charge in [-0.15, -0.1) is 11.3 Å². The van der Waals surface area contributed by atoms with Gasteiger partial charge in [-0.05, 0) is 60.8 Å². The number of fused-ring (bicyclic) bond motifs is 1. The lowest BCUT2D eigenvalue weighted by atomic mass is 10.1. The van der Waals surface area contributed by atoms with Crippen molar-refractivity contribution in [3.63, 3.8) is 0 Å². The third-order valence-electron chi connectivity index (χ3n) is 7.13. The lowest BCUT2D eigenvalue weighted by Gasteiger charge is -2.32. The van der Waals surface area contributed by atoms with Crippen LogP contribution in [-0.2, 0) is 17.9 Å². The monoisotopic (exact) mass is 540 g/mol. The summed E-state index contributed by atoms with van der Waals surface area (Å²) in [6.45, 7) is 6.24. The summed E-state index contributed by atoms with van der Waals surface area (Å²) in [6.07, 6.45) is 4.77. The maximum absolute atomic E-state index is 13.3. The molecule has 0 bridgehead atoms. The zero-order valence-electron chi connectivity index (χ0n) is 22.3. The van der Waals surface area contributed by atoms with Crippen molar-refractivity contribution in [3.8, 4) is 6.07 Å². The smallest absolute Gasteiger partial charge is 0.264 e. The van der Waals surface area contributed by atoms with Gasteiger partial charge in [-0.3, -0.25) is 9.59 Å². The molecular weight excluding hydrogens is 508 g/mol. The van der Waals surface area contributed by atoms with Gasteiger partial charge in [0.2, 0.25) is 5.91 Å². The number of aromatic nitrogens is 2. The number of carbonyl (C=O) groups is 2. The Hall–Kier alpha value is -4.00. The Morgan fingerprint density at radius 1 is 1.08 bits per heavy atom. The lowest BCUT2D eigenvalue weighted by Crippen LogP contribution is -2.46. The molecule has 9 heteroatoms. The van der Waals surface area contributed by atoms with Gasteiger partial charge < -0.3 is 19.3 Å². The molecule has 0 spiro atoms. The Morgan fingerprint density at radius 3 is 2.56 bits per heavy atom. The number of rotatable bonds is 8. The summed E-state index contributed by atoms with van der Waals surface area (Å²) in [5.74, 6) is 0.128. The topological polar surface area (TPSA) is 85.5 Å². The Balaban J connectivity index is 1.39. The zero-order chi connectivity index (χ0) is 27.4. The van der Waals surface area contributed by atoms with Crippen LogP contribution >= 0.6 is 11.3 Å². The van der Waals surface area contributed by atoms with E-state index >= 15 is 0 Å². The Morgan fingerprint density at radius 2 is 1.85 bits per heavy atom. The molecule has 0 atom stereocenters. The van der Waals surface area contributed by atoms with E-state index in [1.165, 1.54) is 11.3 Å². The van der Waals surface area contributed by atoms with Crippen LogP contribution in [0.15, 0.2) is 61.1 Å². The van der Waals surface area contributed by atoms with Crippen LogP contribution < -0.4 is 4.90 Å². The summed E-state index contributed by atoms with van der Waals surface area (Å²) in [7, 11) is 2.08. The third-order valence-corrected chi connectivity index (χ3v) is 8.24. The van der Waals surface area contributed by atoms with Crippen molar-refractivity contribution < 1.29 is 9.59 Å². The summed E-state index contributed by atoms with van der Waals surface area (Å²) < 4.78 is 3.06. The Kier molecular flexibility index (Phi) is 8.05. The van der Waals surface area contributed by atoms with Crippen LogP contribution in [0.5, 0.6) is 0 Å². The molecule has 2 amide bonds. The van der Waals surface area contributed by atoms with E-state index in [1.807, 2.05) is 69.8 Å². The highest BCUT2D eigenvalue weighted by Crippen LogP contribution is 2.31. The minimum absolute atomic E-state index is 0.0481. The van der Waals surface area contributed by atoms with Gasteiger partial charge in [-0.25, -0.2) is 4.98 Å². The van der Waals surface area contributed by atoms with Crippen LogP contribution in [0.25, 0.3) is 10.1 Å². The van der Waals surface area contributed by atoms with E-state index in [-0.39, 0.29) is 11.8 Å². The first-order valence-corrected chi connectivity index (χ1v) is 14.1. The average molecular weight is 541 g/mol. The number of piperazine rings is 1. The second kappa shape index (κ2) is 11.8. The van der Waals surface area contributed by atoms with Crippen molar-refractivity contribution in [1.82, 2.24) is 19.4 Å². The quantitative estimate of drug-likeness (QED) is 0.322. The summed E-state index contributed by atoms with van der Waals surface area (Å²) in [5.41, 5.74) is 3.40. The van der Waals surface area contributed by atoms with Gasteiger partial charge >= 0.3 is 0 Å². The van der Waals surface area contributed by atoms with Crippen LogP contribution in [0, 0.1) is 11.3 Å². The first-order valence-electron chi connectivity index (χ1n) is 13.2. The Bertz CT molecular complexity index is 1510. The molecule has 0 radical (unpaired) electrons. The van der Waals surface area contributed by atoms with Crippen LogP contribution in [0.4, 0.5) is 5.69 Å². The maximum atomic E-state index is 13.3. The molecule has 3 heterocycles. The molecule has 1 aliphatic rings. The normalized spacial score (nSPS) is 13.9. The standard InChI is InChI=1S/C30H32N6O2S/c1-3-4-29(37)36(20-26-18-32-21-35(26)19-23-7-5-22(17-31)6-8-23)25-9-10-27-24(15-25)16-28(39-27)30(38)34-13-11-33(2)12-14-34/h5-10,15-16,18,21H,3-4,11-14,19-20H2,1-2H3. The molecule has 39 heavy (non-hydrogen) atoms. The minimum Gasteiger partial charge on any atom is -0.335 e. The second-order valence-electron chi connectivity index (χ2n) is 9.98. The number of thiophene rings is 1. The number of anilines is 1. The van der Waals surface area contributed by atoms with Crippen molar-refractivity contribution in [2.45, 2.75) is 32.9 Å². The summed E-state index contributed by atoms with van der Waals surface area (Å²) in [6, 6.07) is 17.6. The minimum atomic E-state index is 0.0481. The number of amides is 2. The largest absolute Gasteiger partial charge is 0.335 e. The van der Waals surface area contributed by atoms with Gasteiger partial charge in [0.05, 0.1) is 35.1 Å². The lowest BCUT2D eigenvalue weighted by molar-refractivity contribution is -0.118. The molecule has 4 aromatic rings. The highest BCUT2D eigenvalue weighted by molar-refractivity contribution is 7.20. The fourth-order valence-electron chi connectivity index (χ4n) is 4.81. The fraction of sp³-hybridized carbons (Fsp3) is 0.333. The number of nitrogens with zero attached hydrogens (tertiary/aromatic N) is 6. The molecule has 0 aliphatic carbocycles. The average Bonchev–Trinajstić information content (AvgIpc) is 3.58. The number of nitriles is 1. The molecule has 0 saturated carbocycles. The van der Waals surface area contributed by atoms with E-state index in [1.54, 1.807) is 12.5 Å². The summed E-state index contributed by atoms with van der Waals surface area (Å²) >= 11 is 1.51. The predicted molar refractivity (Wildman–Crippen MR) is 154 cm³/mol. The zero-order valence-corrected chi connectivity index (χ0v) is 23.2. The number of likely N-dealkylation sites (N-methyl/N-ethyl adjacent to an activating group) is 1. The SMILES string of the molecule is CCCC(=O)N(Cc1cncn1Cc1ccc(C#N)cc1)c1ccc2sc(C(=O)N3CCN(C)CC3)cc2c1. The molecule has 0 unspecified atom stereocenters. The number of imidazole rings is 1. The van der Waals surface area contributed by atoms with Crippen molar-refractivity contribution in [3.05, 3.63) is 82.8 Å². The molecule has 0 N–H and O–H groups in total. The van der Waals surface area contributed by atoms with Crippen LogP contribution in [-0.4, -0.2) is 64.4 Å². The second-order valence-corrected chi connectivity index (χ2v) is 11.1. The van der Waals surface area contributed by atoms with Gasteiger partial charge in [-0.2, -0.15) is 5.26 Å². The first-order chi connectivity index (χ1) is 18.9. The van der Waals surface area contributed by atoms with Gasteiger partial charge in [0.25, 0.3) is 5.91 Å². The number of hydrogen-bond donors (Lipinski definition) is 0. The van der Waals surface area contributed by atoms with E-state index in [4.69, 9.17) is 5.26 Å². The van der Waals surface area contributed by atoms with Gasteiger partial charge in [0.15, 0.2) is 0 Å². The van der Waals surface area contributed by atoms with Crippen LogP contribution in [0.1, 0.15) is 46.3 Å². The van der Waals surface area contributed by atoms with Gasteiger partial charge in [-0.1, -0.05) is 19.1 Å². The molecular formula is C30H32N6O2S. The fourth-order valence-corrected chi connectivity index (χ4v) is 5.82. The molecule has 2 aromatic carbocycles. The number of benzene rings is 2. The maximum Gasteiger partial charge on any atom is 0.264 e. The van der Waals surface area contributed by atoms with E-state index in [0.29, 0.717) is 25.1 Å². The molecule has 2 aromatic heterocycles. The number of carbonyl (C=O) groups excluding carboxylic acids is 2. The molecule has 1 aliphatic heterocycles. The van der Waals surface area contributed by atoms with Crippen molar-refractivity contribution in [2.75, 3.05) is 38.1 Å². The predicted octanol–water partition coefficient (Wildman–Crippen LogP) is 4.74. The highest BCUT2D eigenvalue weighted by Gasteiger charge is 2.23. The first kappa shape index (κ1) is 26.6. The molecule has 5 rings (SSSR count). The van der Waals surface area contributed by atoms with E-state index < -0.39 is 0 Å². The van der Waals surface area contributed by atoms with Crippen LogP contribution in [0.2, 0.25) is 0 Å². The van der Waals surface area contributed by atoms with E-state index in [9.17, 15) is 9.59 Å². The third kappa shape index (κ3) is 6.03. The summed E-state index contributed by atoms with van der Waals surface area (Å²) in [5, 5.41) is 10.0. The van der Waals surface area contributed by atoms with Crippen molar-refractivity contribution >= 4 is 38.9 Å². The number of hydrogen-bond acceptors (Lipinski definition) is 6. The van der Waals surface area contributed by atoms with E-state index in [2.05, 4.69) is 23.0 Å². The van der Waals surface area contributed by atoms with Crippen LogP contribution in [0.3, 0.4) is 0 Å². The van der Waals surface area contributed by atoms with E-state index in [0.717, 1.165) is 64.5 Å². The van der Waals surface area contributed by atoms with Gasteiger partial charge in [0.1, 0.15) is 0 Å². The molecule has 1 fully saturated rings. The molecule has 200 valence electrons. The van der Waals surface area contributed by atoms with Crippen molar-refractivity contribution in [2.24, 2.45) is 0 Å².